The summed E-state index contributed by atoms with van der Waals surface area (Å²) in [5.74, 6) is 0.318. The number of benzene rings is 3. The lowest BCUT2D eigenvalue weighted by molar-refractivity contribution is -0.147. The summed E-state index contributed by atoms with van der Waals surface area (Å²) in [4.78, 5) is 30.7. The molecule has 0 unspecified atom stereocenters. The van der Waals surface area contributed by atoms with E-state index in [1.165, 1.54) is 5.56 Å². The number of amides is 1. The molecule has 1 N–H and O–H groups in total. The third kappa shape index (κ3) is 8.43. The van der Waals surface area contributed by atoms with Crippen molar-refractivity contribution in [2.45, 2.75) is 84.6 Å². The Hall–Kier alpha value is -4.13. The highest BCUT2D eigenvalue weighted by Crippen LogP contribution is 2.24. The van der Waals surface area contributed by atoms with E-state index in [4.69, 9.17) is 14.5 Å². The predicted molar refractivity (Wildman–Crippen MR) is 162 cm³/mol. The monoisotopic (exact) mass is 555 g/mol. The number of carbonyl (C=O) groups excluding carboxylic acids is 2. The summed E-state index contributed by atoms with van der Waals surface area (Å²) >= 11 is 0. The Bertz CT molecular complexity index is 1460. The zero-order valence-electron chi connectivity index (χ0n) is 24.9. The van der Waals surface area contributed by atoms with Crippen LogP contribution in [-0.2, 0) is 39.3 Å². The van der Waals surface area contributed by atoms with E-state index in [1.807, 2.05) is 48.5 Å². The highest BCUT2D eigenvalue weighted by Gasteiger charge is 2.26. The molecule has 0 saturated heterocycles. The Balaban J connectivity index is 1.55. The van der Waals surface area contributed by atoms with Crippen LogP contribution in [0.15, 0.2) is 78.9 Å². The van der Waals surface area contributed by atoms with Gasteiger partial charge in [0.15, 0.2) is 0 Å². The lowest BCUT2D eigenvalue weighted by atomic mass is 9.87. The lowest BCUT2D eigenvalue weighted by Crippen LogP contribution is -2.44. The van der Waals surface area contributed by atoms with Crippen LogP contribution in [0, 0.1) is 0 Å². The van der Waals surface area contributed by atoms with Gasteiger partial charge in [0.2, 0.25) is 0 Å². The quantitative estimate of drug-likeness (QED) is 0.226. The van der Waals surface area contributed by atoms with Crippen LogP contribution in [0.2, 0.25) is 0 Å². The van der Waals surface area contributed by atoms with Crippen LogP contribution in [0.5, 0.6) is 0 Å². The number of alkyl carbamates (subject to hydrolysis) is 1. The second kappa shape index (κ2) is 12.6. The van der Waals surface area contributed by atoms with Crippen LogP contribution in [0.25, 0.3) is 11.0 Å². The number of para-hydroxylation sites is 2. The molecule has 1 atom stereocenters. The van der Waals surface area contributed by atoms with Crippen molar-refractivity contribution in [1.82, 2.24) is 14.9 Å². The highest BCUT2D eigenvalue weighted by atomic mass is 16.6. The van der Waals surface area contributed by atoms with E-state index in [1.54, 1.807) is 20.8 Å². The van der Waals surface area contributed by atoms with Gasteiger partial charge in [0, 0.05) is 13.0 Å². The van der Waals surface area contributed by atoms with Gasteiger partial charge in [-0.15, -0.1) is 0 Å². The van der Waals surface area contributed by atoms with Gasteiger partial charge in [-0.25, -0.2) is 14.6 Å². The number of hydrogen-bond donors (Lipinski definition) is 1. The number of nitrogens with one attached hydrogen (secondary N) is 1. The molecule has 1 aromatic heterocycles. The van der Waals surface area contributed by atoms with Crippen molar-refractivity contribution in [3.8, 4) is 0 Å². The summed E-state index contributed by atoms with van der Waals surface area (Å²) in [7, 11) is 0. The molecule has 0 aliphatic heterocycles. The minimum atomic E-state index is -0.895. The first-order chi connectivity index (χ1) is 19.4. The molecule has 1 amide bonds. The fraction of sp³-hybridized carbons (Fsp3) is 0.382. The van der Waals surface area contributed by atoms with Crippen molar-refractivity contribution in [2.24, 2.45) is 0 Å². The number of imidazole rings is 1. The van der Waals surface area contributed by atoms with E-state index in [0.717, 1.165) is 28.0 Å². The topological polar surface area (TPSA) is 82.5 Å². The maximum Gasteiger partial charge on any atom is 0.408 e. The van der Waals surface area contributed by atoms with Crippen LogP contribution in [0.4, 0.5) is 4.79 Å². The summed E-state index contributed by atoms with van der Waals surface area (Å²) in [6.07, 6.45) is 0.0982. The fourth-order valence-electron chi connectivity index (χ4n) is 4.59. The average molecular weight is 556 g/mol. The summed E-state index contributed by atoms with van der Waals surface area (Å²) in [6, 6.07) is 25.3. The smallest absolute Gasteiger partial charge is 0.408 e. The normalized spacial score (nSPS) is 12.6. The third-order valence-corrected chi connectivity index (χ3v) is 6.75. The van der Waals surface area contributed by atoms with E-state index in [9.17, 15) is 9.59 Å². The Morgan fingerprint density at radius 1 is 0.854 bits per heavy atom. The van der Waals surface area contributed by atoms with Crippen molar-refractivity contribution in [3.05, 3.63) is 101 Å². The van der Waals surface area contributed by atoms with Gasteiger partial charge < -0.3 is 19.4 Å². The fourth-order valence-corrected chi connectivity index (χ4v) is 4.59. The number of ether oxygens (including phenoxy) is 2. The molecular formula is C34H41N3O4. The molecule has 7 nitrogen and oxygen atoms in total. The number of aryl methyl sites for hydroxylation is 1. The van der Waals surface area contributed by atoms with E-state index in [0.29, 0.717) is 19.4 Å². The predicted octanol–water partition coefficient (Wildman–Crippen LogP) is 6.95. The van der Waals surface area contributed by atoms with E-state index in [2.05, 4.69) is 61.0 Å². The number of fused-ring (bicyclic) bond motifs is 1. The van der Waals surface area contributed by atoms with Crippen molar-refractivity contribution in [1.29, 1.82) is 0 Å². The molecule has 0 spiro atoms. The van der Waals surface area contributed by atoms with Gasteiger partial charge in [-0.05, 0) is 61.4 Å². The van der Waals surface area contributed by atoms with E-state index >= 15 is 0 Å². The lowest BCUT2D eigenvalue weighted by Gasteiger charge is -2.23. The molecule has 41 heavy (non-hydrogen) atoms. The van der Waals surface area contributed by atoms with Gasteiger partial charge in [0.25, 0.3) is 0 Å². The summed E-state index contributed by atoms with van der Waals surface area (Å²) in [6.45, 7) is 12.7. The molecule has 0 saturated carbocycles. The summed E-state index contributed by atoms with van der Waals surface area (Å²) < 4.78 is 13.2. The maximum absolute atomic E-state index is 13.2. The molecule has 216 valence electrons. The van der Waals surface area contributed by atoms with Crippen LogP contribution >= 0.6 is 0 Å². The molecule has 0 radical (unpaired) electrons. The van der Waals surface area contributed by atoms with Crippen LogP contribution in [-0.4, -0.2) is 33.3 Å². The SMILES string of the molecule is CC(C)(C)OC(=O)N[C@@H](CCc1nc2ccccc2n1Cc1ccc(C(C)(C)C)cc1)C(=O)OCc1ccccc1. The second-order valence-corrected chi connectivity index (χ2v) is 12.4. The highest BCUT2D eigenvalue weighted by molar-refractivity contribution is 5.81. The number of hydrogen-bond acceptors (Lipinski definition) is 5. The Kier molecular flexibility index (Phi) is 9.16. The zero-order chi connectivity index (χ0) is 29.6. The van der Waals surface area contributed by atoms with Gasteiger partial charge in [-0.2, -0.15) is 0 Å². The van der Waals surface area contributed by atoms with E-state index in [-0.39, 0.29) is 12.0 Å². The van der Waals surface area contributed by atoms with Crippen LogP contribution in [0.3, 0.4) is 0 Å². The largest absolute Gasteiger partial charge is 0.459 e. The second-order valence-electron chi connectivity index (χ2n) is 12.4. The van der Waals surface area contributed by atoms with Gasteiger partial charge in [-0.3, -0.25) is 0 Å². The average Bonchev–Trinajstić information content (AvgIpc) is 3.26. The van der Waals surface area contributed by atoms with Crippen molar-refractivity contribution in [3.63, 3.8) is 0 Å². The Labute approximate surface area is 242 Å². The van der Waals surface area contributed by atoms with Gasteiger partial charge in [0.05, 0.1) is 11.0 Å². The minimum Gasteiger partial charge on any atom is -0.459 e. The van der Waals surface area contributed by atoms with Gasteiger partial charge in [0.1, 0.15) is 24.1 Å². The molecule has 0 fully saturated rings. The number of nitrogens with zero attached hydrogens (tertiary/aromatic N) is 2. The van der Waals surface area contributed by atoms with Crippen molar-refractivity contribution >= 4 is 23.1 Å². The molecule has 0 bridgehead atoms. The molecule has 0 aliphatic carbocycles. The van der Waals surface area contributed by atoms with Crippen molar-refractivity contribution < 1.29 is 19.1 Å². The molecule has 1 heterocycles. The number of rotatable bonds is 9. The Morgan fingerprint density at radius 3 is 2.17 bits per heavy atom. The molecular weight excluding hydrogens is 514 g/mol. The molecule has 3 aromatic carbocycles. The van der Waals surface area contributed by atoms with Gasteiger partial charge >= 0.3 is 12.1 Å². The number of aromatic nitrogens is 2. The summed E-state index contributed by atoms with van der Waals surface area (Å²) in [5, 5.41) is 2.73. The summed E-state index contributed by atoms with van der Waals surface area (Å²) in [5.41, 5.74) is 4.60. The third-order valence-electron chi connectivity index (χ3n) is 6.75. The van der Waals surface area contributed by atoms with Crippen molar-refractivity contribution in [2.75, 3.05) is 0 Å². The van der Waals surface area contributed by atoms with Crippen LogP contribution in [0.1, 0.15) is 70.5 Å². The standard InChI is InChI=1S/C34H41N3O4/c1-33(2,3)26-18-16-24(17-19-26)22-37-29-15-11-10-14-27(29)35-30(37)21-20-28(36-32(39)41-34(4,5)6)31(38)40-23-25-12-8-7-9-13-25/h7-19,28H,20-23H2,1-6H3,(H,36,39)/t28-/m0/s1. The molecule has 7 heteroatoms. The number of carbonyl (C=O) groups is 2. The minimum absolute atomic E-state index is 0.0800. The zero-order valence-corrected chi connectivity index (χ0v) is 24.9. The van der Waals surface area contributed by atoms with Gasteiger partial charge in [-0.1, -0.05) is 87.5 Å². The molecule has 0 aliphatic rings. The Morgan fingerprint density at radius 2 is 1.51 bits per heavy atom. The first-order valence-electron chi connectivity index (χ1n) is 14.1. The van der Waals surface area contributed by atoms with E-state index < -0.39 is 23.7 Å². The number of esters is 1. The molecule has 4 rings (SSSR count). The first-order valence-corrected chi connectivity index (χ1v) is 14.1. The van der Waals surface area contributed by atoms with Crippen LogP contribution < -0.4 is 5.32 Å². The molecule has 4 aromatic rings. The maximum atomic E-state index is 13.2. The first kappa shape index (κ1) is 29.8.